The highest BCUT2D eigenvalue weighted by atomic mass is 32.2. The molecule has 7 nitrogen and oxygen atoms in total. The van der Waals surface area contributed by atoms with Gasteiger partial charge in [-0.2, -0.15) is 0 Å². The molecule has 0 bridgehead atoms. The van der Waals surface area contributed by atoms with Gasteiger partial charge in [-0.1, -0.05) is 18.2 Å². The van der Waals surface area contributed by atoms with Crippen molar-refractivity contribution in [1.29, 1.82) is 0 Å². The zero-order valence-electron chi connectivity index (χ0n) is 16.7. The number of rotatable bonds is 7. The first-order chi connectivity index (χ1) is 14.0. The van der Waals surface area contributed by atoms with E-state index in [1.807, 2.05) is 0 Å². The van der Waals surface area contributed by atoms with Crippen molar-refractivity contribution in [2.75, 3.05) is 38.2 Å². The van der Waals surface area contributed by atoms with E-state index in [0.29, 0.717) is 24.6 Å². The second-order valence-electron chi connectivity index (χ2n) is 6.80. The van der Waals surface area contributed by atoms with Gasteiger partial charge in [0, 0.05) is 19.2 Å². The zero-order valence-corrected chi connectivity index (χ0v) is 17.5. The Morgan fingerprint density at radius 2 is 1.69 bits per heavy atom. The predicted octanol–water partition coefficient (Wildman–Crippen LogP) is 2.91. The van der Waals surface area contributed by atoms with Crippen LogP contribution in [0, 0.1) is 0 Å². The van der Waals surface area contributed by atoms with Gasteiger partial charge in [0.15, 0.2) is 0 Å². The van der Waals surface area contributed by atoms with E-state index in [2.05, 4.69) is 0 Å². The van der Waals surface area contributed by atoms with Crippen molar-refractivity contribution in [3.05, 3.63) is 48.5 Å². The maximum atomic E-state index is 13.5. The summed E-state index contributed by atoms with van der Waals surface area (Å²) in [4.78, 5) is 14.8. The minimum atomic E-state index is -4.00. The first-order valence-electron chi connectivity index (χ1n) is 9.55. The molecule has 0 atom stereocenters. The molecule has 2 aromatic rings. The Balaban J connectivity index is 2.06. The van der Waals surface area contributed by atoms with Gasteiger partial charge in [-0.25, -0.2) is 8.42 Å². The van der Waals surface area contributed by atoms with Gasteiger partial charge in [0.05, 0.1) is 24.8 Å². The first kappa shape index (κ1) is 21.0. The van der Waals surface area contributed by atoms with Crippen molar-refractivity contribution in [2.24, 2.45) is 0 Å². The monoisotopic (exact) mass is 418 g/mol. The van der Waals surface area contributed by atoms with Crippen LogP contribution in [0.5, 0.6) is 11.5 Å². The fraction of sp³-hybridized carbons (Fsp3) is 0.381. The van der Waals surface area contributed by atoms with Gasteiger partial charge in [0.2, 0.25) is 5.91 Å². The number of carbonyl (C=O) groups is 1. The van der Waals surface area contributed by atoms with Crippen LogP contribution in [-0.4, -0.2) is 53.1 Å². The molecule has 0 radical (unpaired) electrons. The van der Waals surface area contributed by atoms with Gasteiger partial charge in [0.1, 0.15) is 18.0 Å². The average Bonchev–Trinajstić information content (AvgIpc) is 2.78. The third-order valence-electron chi connectivity index (χ3n) is 4.97. The van der Waals surface area contributed by atoms with E-state index in [9.17, 15) is 13.2 Å². The lowest BCUT2D eigenvalue weighted by Crippen LogP contribution is -2.45. The van der Waals surface area contributed by atoms with Crippen LogP contribution >= 0.6 is 0 Å². The van der Waals surface area contributed by atoms with Gasteiger partial charge in [-0.15, -0.1) is 0 Å². The standard InChI is InChI=1S/C21H26N2O5S/c1-27-17-11-12-20(28-2)19(15-17)23(16-21(24)22-13-7-4-8-14-22)29(25,26)18-9-5-3-6-10-18/h3,5-6,9-12,15H,4,7-8,13-14,16H2,1-2H3. The number of hydrogen-bond acceptors (Lipinski definition) is 5. The van der Waals surface area contributed by atoms with E-state index in [1.165, 1.54) is 26.4 Å². The van der Waals surface area contributed by atoms with Gasteiger partial charge in [-0.05, 0) is 43.5 Å². The molecule has 2 aromatic carbocycles. The van der Waals surface area contributed by atoms with Crippen molar-refractivity contribution >= 4 is 21.6 Å². The van der Waals surface area contributed by atoms with Gasteiger partial charge >= 0.3 is 0 Å². The lowest BCUT2D eigenvalue weighted by molar-refractivity contribution is -0.130. The SMILES string of the molecule is COc1ccc(OC)c(N(CC(=O)N2CCCCC2)S(=O)(=O)c2ccccc2)c1. The normalized spacial score (nSPS) is 14.3. The summed E-state index contributed by atoms with van der Waals surface area (Å²) in [6, 6.07) is 13.0. The molecule has 1 heterocycles. The molecule has 8 heteroatoms. The molecule has 0 saturated carbocycles. The van der Waals surface area contributed by atoms with Crippen molar-refractivity contribution in [3.8, 4) is 11.5 Å². The minimum absolute atomic E-state index is 0.108. The van der Waals surface area contributed by atoms with Gasteiger partial charge in [0.25, 0.3) is 10.0 Å². The Kier molecular flexibility index (Phi) is 6.64. The summed E-state index contributed by atoms with van der Waals surface area (Å²) in [6.07, 6.45) is 2.94. The molecule has 3 rings (SSSR count). The Labute approximate surface area is 171 Å². The largest absolute Gasteiger partial charge is 0.497 e. The summed E-state index contributed by atoms with van der Waals surface area (Å²) < 4.78 is 38.7. The number of ether oxygens (including phenoxy) is 2. The van der Waals surface area contributed by atoms with Crippen LogP contribution in [0.3, 0.4) is 0 Å². The first-order valence-corrected chi connectivity index (χ1v) is 11.0. The molecular formula is C21H26N2O5S. The predicted molar refractivity (Wildman–Crippen MR) is 111 cm³/mol. The molecule has 1 amide bonds. The summed E-state index contributed by atoms with van der Waals surface area (Å²) in [6.45, 7) is 0.987. The fourth-order valence-corrected chi connectivity index (χ4v) is 4.81. The number of piperidine rings is 1. The van der Waals surface area contributed by atoms with Gasteiger partial charge in [-0.3, -0.25) is 9.10 Å². The number of amides is 1. The summed E-state index contributed by atoms with van der Waals surface area (Å²) >= 11 is 0. The highest BCUT2D eigenvalue weighted by Gasteiger charge is 2.31. The average molecular weight is 419 g/mol. The fourth-order valence-electron chi connectivity index (χ4n) is 3.38. The number of benzene rings is 2. The molecule has 1 aliphatic rings. The highest BCUT2D eigenvalue weighted by molar-refractivity contribution is 7.92. The number of anilines is 1. The number of nitrogens with zero attached hydrogens (tertiary/aromatic N) is 2. The lowest BCUT2D eigenvalue weighted by Gasteiger charge is -2.31. The van der Waals surface area contributed by atoms with E-state index >= 15 is 0 Å². The lowest BCUT2D eigenvalue weighted by atomic mass is 10.1. The van der Waals surface area contributed by atoms with Crippen LogP contribution in [0.4, 0.5) is 5.69 Å². The molecule has 0 spiro atoms. The summed E-state index contributed by atoms with van der Waals surface area (Å²) in [5.74, 6) is 0.588. The second-order valence-corrected chi connectivity index (χ2v) is 8.67. The Hall–Kier alpha value is -2.74. The number of carbonyl (C=O) groups excluding carboxylic acids is 1. The molecular weight excluding hydrogens is 392 g/mol. The zero-order chi connectivity index (χ0) is 20.9. The molecule has 1 aliphatic heterocycles. The van der Waals surface area contributed by atoms with Gasteiger partial charge < -0.3 is 14.4 Å². The van der Waals surface area contributed by atoms with Crippen LogP contribution in [-0.2, 0) is 14.8 Å². The number of methoxy groups -OCH3 is 2. The van der Waals surface area contributed by atoms with E-state index in [0.717, 1.165) is 23.6 Å². The Bertz CT molecular complexity index is 941. The van der Waals surface area contributed by atoms with Crippen LogP contribution < -0.4 is 13.8 Å². The molecule has 156 valence electrons. The maximum absolute atomic E-state index is 13.5. The Morgan fingerprint density at radius 1 is 1.00 bits per heavy atom. The molecule has 1 fully saturated rings. The van der Waals surface area contributed by atoms with Crippen molar-refractivity contribution in [1.82, 2.24) is 4.90 Å². The van der Waals surface area contributed by atoms with Crippen LogP contribution in [0.15, 0.2) is 53.4 Å². The summed E-state index contributed by atoms with van der Waals surface area (Å²) in [7, 11) is -1.03. The summed E-state index contributed by atoms with van der Waals surface area (Å²) in [5.41, 5.74) is 0.265. The molecule has 29 heavy (non-hydrogen) atoms. The van der Waals surface area contributed by atoms with Crippen LogP contribution in [0.25, 0.3) is 0 Å². The van der Waals surface area contributed by atoms with Crippen molar-refractivity contribution in [2.45, 2.75) is 24.2 Å². The molecule has 0 N–H and O–H groups in total. The smallest absolute Gasteiger partial charge is 0.264 e. The van der Waals surface area contributed by atoms with E-state index < -0.39 is 10.0 Å². The van der Waals surface area contributed by atoms with E-state index in [4.69, 9.17) is 9.47 Å². The third kappa shape index (κ3) is 4.64. The topological polar surface area (TPSA) is 76.2 Å². The molecule has 0 unspecified atom stereocenters. The molecule has 1 saturated heterocycles. The van der Waals surface area contributed by atoms with Crippen molar-refractivity contribution in [3.63, 3.8) is 0 Å². The maximum Gasteiger partial charge on any atom is 0.264 e. The number of hydrogen-bond donors (Lipinski definition) is 0. The number of sulfonamides is 1. The van der Waals surface area contributed by atoms with Crippen molar-refractivity contribution < 1.29 is 22.7 Å². The van der Waals surface area contributed by atoms with E-state index in [-0.39, 0.29) is 23.0 Å². The van der Waals surface area contributed by atoms with Crippen LogP contribution in [0.1, 0.15) is 19.3 Å². The minimum Gasteiger partial charge on any atom is -0.497 e. The highest BCUT2D eigenvalue weighted by Crippen LogP contribution is 2.35. The second kappa shape index (κ2) is 9.17. The van der Waals surface area contributed by atoms with Crippen LogP contribution in [0.2, 0.25) is 0 Å². The third-order valence-corrected chi connectivity index (χ3v) is 6.75. The quantitative estimate of drug-likeness (QED) is 0.691. The summed E-state index contributed by atoms with van der Waals surface area (Å²) in [5, 5.41) is 0. The number of likely N-dealkylation sites (tertiary alicyclic amines) is 1. The van der Waals surface area contributed by atoms with E-state index in [1.54, 1.807) is 41.3 Å². The molecule has 0 aliphatic carbocycles. The Morgan fingerprint density at radius 3 is 2.31 bits per heavy atom. The molecule has 0 aromatic heterocycles.